The smallest absolute Gasteiger partial charge is 0.175 e. The van der Waals surface area contributed by atoms with E-state index in [1.54, 1.807) is 35.9 Å². The summed E-state index contributed by atoms with van der Waals surface area (Å²) in [6, 6.07) is 15.6. The Morgan fingerprint density at radius 2 is 1.91 bits per heavy atom. The predicted octanol–water partition coefficient (Wildman–Crippen LogP) is 3.96. The Hall–Kier alpha value is -4.53. The zero-order valence-electron chi connectivity index (χ0n) is 17.6. The van der Waals surface area contributed by atoms with Gasteiger partial charge in [-0.05, 0) is 53.6 Å². The van der Waals surface area contributed by atoms with E-state index in [0.29, 0.717) is 22.8 Å². The van der Waals surface area contributed by atoms with Crippen molar-refractivity contribution in [1.29, 1.82) is 5.41 Å². The van der Waals surface area contributed by atoms with E-state index >= 15 is 0 Å². The Kier molecular flexibility index (Phi) is 5.06. The number of halogens is 1. The van der Waals surface area contributed by atoms with Gasteiger partial charge in [0.05, 0.1) is 18.2 Å². The van der Waals surface area contributed by atoms with Crippen molar-refractivity contribution < 1.29 is 13.9 Å². The SMILES string of the molecule is COc1ccc2c(OCc3nnc4ccc(-c5ccc(C(=N)N)c(F)c5)cn34)ccnc2c1. The normalized spacial score (nSPS) is 11.1. The molecule has 0 aliphatic carbocycles. The minimum atomic E-state index is -0.548. The second-order valence-corrected chi connectivity index (χ2v) is 7.35. The molecule has 0 unspecified atom stereocenters. The number of pyridine rings is 2. The van der Waals surface area contributed by atoms with Gasteiger partial charge in [0.1, 0.15) is 29.8 Å². The molecule has 0 fully saturated rings. The maximum Gasteiger partial charge on any atom is 0.175 e. The fourth-order valence-electron chi connectivity index (χ4n) is 3.62. The number of hydrogen-bond donors (Lipinski definition) is 2. The molecule has 8 nitrogen and oxygen atoms in total. The highest BCUT2D eigenvalue weighted by Gasteiger charge is 2.12. The average Bonchev–Trinajstić information content (AvgIpc) is 3.24. The van der Waals surface area contributed by atoms with Crippen LogP contribution < -0.4 is 15.2 Å². The van der Waals surface area contributed by atoms with Gasteiger partial charge in [-0.15, -0.1) is 10.2 Å². The highest BCUT2D eigenvalue weighted by Crippen LogP contribution is 2.28. The summed E-state index contributed by atoms with van der Waals surface area (Å²) in [5.41, 5.74) is 8.29. The van der Waals surface area contributed by atoms with Gasteiger partial charge in [0, 0.05) is 23.8 Å². The Morgan fingerprint density at radius 1 is 1.06 bits per heavy atom. The topological polar surface area (TPSA) is 111 Å². The van der Waals surface area contributed by atoms with Gasteiger partial charge in [-0.25, -0.2) is 4.39 Å². The van der Waals surface area contributed by atoms with E-state index in [2.05, 4.69) is 15.2 Å². The molecule has 9 heteroatoms. The molecule has 0 amide bonds. The van der Waals surface area contributed by atoms with E-state index < -0.39 is 5.82 Å². The molecule has 3 N–H and O–H groups in total. The average molecular weight is 442 g/mol. The van der Waals surface area contributed by atoms with Gasteiger partial charge in [0.25, 0.3) is 0 Å². The first-order valence-electron chi connectivity index (χ1n) is 10.1. The van der Waals surface area contributed by atoms with Crippen molar-refractivity contribution in [1.82, 2.24) is 19.6 Å². The zero-order valence-corrected chi connectivity index (χ0v) is 17.6. The molecule has 0 radical (unpaired) electrons. The predicted molar refractivity (Wildman–Crippen MR) is 122 cm³/mol. The van der Waals surface area contributed by atoms with Gasteiger partial charge in [-0.3, -0.25) is 14.8 Å². The number of ether oxygens (including phenoxy) is 2. The summed E-state index contributed by atoms with van der Waals surface area (Å²) >= 11 is 0. The fourth-order valence-corrected chi connectivity index (χ4v) is 3.62. The third-order valence-corrected chi connectivity index (χ3v) is 5.33. The molecule has 0 saturated heterocycles. The molecule has 5 aromatic rings. The number of nitrogens with zero attached hydrogens (tertiary/aromatic N) is 4. The second-order valence-electron chi connectivity index (χ2n) is 7.35. The number of hydrogen-bond acceptors (Lipinski definition) is 6. The molecular formula is C24H19FN6O2. The molecular weight excluding hydrogens is 423 g/mol. The van der Waals surface area contributed by atoms with Crippen LogP contribution in [-0.4, -0.2) is 32.5 Å². The van der Waals surface area contributed by atoms with Gasteiger partial charge in [0.15, 0.2) is 11.5 Å². The minimum Gasteiger partial charge on any atom is -0.497 e. The van der Waals surface area contributed by atoms with Crippen LogP contribution in [0, 0.1) is 11.2 Å². The van der Waals surface area contributed by atoms with Crippen LogP contribution in [0.2, 0.25) is 0 Å². The summed E-state index contributed by atoms with van der Waals surface area (Å²) in [6.45, 7) is 0.174. The summed E-state index contributed by atoms with van der Waals surface area (Å²) in [5.74, 6) is 1.11. The fraction of sp³-hybridized carbons (Fsp3) is 0.0833. The van der Waals surface area contributed by atoms with Crippen LogP contribution in [0.25, 0.3) is 27.7 Å². The van der Waals surface area contributed by atoms with Crippen molar-refractivity contribution in [3.05, 3.63) is 84.2 Å². The monoisotopic (exact) mass is 442 g/mol. The van der Waals surface area contributed by atoms with Crippen molar-refractivity contribution >= 4 is 22.4 Å². The first-order chi connectivity index (χ1) is 16.0. The van der Waals surface area contributed by atoms with E-state index in [0.717, 1.165) is 22.2 Å². The molecule has 0 aliphatic rings. The van der Waals surface area contributed by atoms with E-state index in [-0.39, 0.29) is 18.0 Å². The van der Waals surface area contributed by atoms with Gasteiger partial charge in [0.2, 0.25) is 0 Å². The van der Waals surface area contributed by atoms with Crippen molar-refractivity contribution in [2.24, 2.45) is 5.73 Å². The Balaban J connectivity index is 1.45. The molecule has 33 heavy (non-hydrogen) atoms. The van der Waals surface area contributed by atoms with Crippen LogP contribution in [0.4, 0.5) is 4.39 Å². The van der Waals surface area contributed by atoms with Crippen LogP contribution in [0.3, 0.4) is 0 Å². The Morgan fingerprint density at radius 3 is 2.70 bits per heavy atom. The van der Waals surface area contributed by atoms with Gasteiger partial charge >= 0.3 is 0 Å². The zero-order chi connectivity index (χ0) is 22.9. The van der Waals surface area contributed by atoms with Gasteiger partial charge < -0.3 is 15.2 Å². The van der Waals surface area contributed by atoms with Gasteiger partial charge in [-0.2, -0.15) is 0 Å². The van der Waals surface area contributed by atoms with Crippen LogP contribution in [0.1, 0.15) is 11.4 Å². The molecule has 164 valence electrons. The van der Waals surface area contributed by atoms with Crippen molar-refractivity contribution in [3.8, 4) is 22.6 Å². The number of amidine groups is 1. The third kappa shape index (κ3) is 3.80. The maximum absolute atomic E-state index is 14.3. The first-order valence-corrected chi connectivity index (χ1v) is 10.1. The molecule has 0 aliphatic heterocycles. The minimum absolute atomic E-state index is 0.0698. The lowest BCUT2D eigenvalue weighted by molar-refractivity contribution is 0.298. The maximum atomic E-state index is 14.3. The van der Waals surface area contributed by atoms with Crippen LogP contribution >= 0.6 is 0 Å². The van der Waals surface area contributed by atoms with Crippen LogP contribution in [0.15, 0.2) is 67.0 Å². The molecule has 0 saturated carbocycles. The Bertz CT molecular complexity index is 1510. The number of nitrogens with two attached hydrogens (primary N) is 1. The quantitative estimate of drug-likeness (QED) is 0.304. The summed E-state index contributed by atoms with van der Waals surface area (Å²) in [6.07, 6.45) is 3.50. The molecule has 0 bridgehead atoms. The lowest BCUT2D eigenvalue weighted by Gasteiger charge is -2.10. The summed E-state index contributed by atoms with van der Waals surface area (Å²) in [4.78, 5) is 4.37. The van der Waals surface area contributed by atoms with Gasteiger partial charge in [-0.1, -0.05) is 6.07 Å². The third-order valence-electron chi connectivity index (χ3n) is 5.33. The number of methoxy groups -OCH3 is 1. The largest absolute Gasteiger partial charge is 0.497 e. The molecule has 0 spiro atoms. The van der Waals surface area contributed by atoms with Crippen LogP contribution in [-0.2, 0) is 6.61 Å². The standard InChI is InChI=1S/C24H19FN6O2/c1-32-16-4-6-18-20(11-16)28-9-8-21(18)33-13-23-30-29-22-7-3-15(12-31(22)23)14-2-5-17(24(26)27)19(25)10-14/h2-12H,13H2,1H3,(H3,26,27). The molecule has 3 aromatic heterocycles. The number of nitrogen functional groups attached to an aromatic ring is 1. The summed E-state index contributed by atoms with van der Waals surface area (Å²) < 4.78 is 27.4. The second kappa shape index (κ2) is 8.19. The highest BCUT2D eigenvalue weighted by molar-refractivity contribution is 5.95. The first kappa shape index (κ1) is 20.4. The van der Waals surface area contributed by atoms with Crippen molar-refractivity contribution in [2.75, 3.05) is 7.11 Å². The van der Waals surface area contributed by atoms with E-state index in [1.807, 2.05) is 30.5 Å². The molecule has 0 atom stereocenters. The number of aromatic nitrogens is 4. The van der Waals surface area contributed by atoms with E-state index in [4.69, 9.17) is 20.6 Å². The van der Waals surface area contributed by atoms with Crippen molar-refractivity contribution in [2.45, 2.75) is 6.61 Å². The molecule has 3 heterocycles. The number of benzene rings is 2. The molecule has 5 rings (SSSR count). The highest BCUT2D eigenvalue weighted by atomic mass is 19.1. The number of nitrogens with one attached hydrogen (secondary N) is 1. The number of rotatable bonds is 6. The van der Waals surface area contributed by atoms with Crippen molar-refractivity contribution in [3.63, 3.8) is 0 Å². The Labute approximate surface area is 187 Å². The summed E-state index contributed by atoms with van der Waals surface area (Å²) in [5, 5.41) is 16.7. The number of fused-ring (bicyclic) bond motifs is 2. The van der Waals surface area contributed by atoms with E-state index in [1.165, 1.54) is 12.1 Å². The summed E-state index contributed by atoms with van der Waals surface area (Å²) in [7, 11) is 1.61. The lowest BCUT2D eigenvalue weighted by Crippen LogP contribution is -2.13. The van der Waals surface area contributed by atoms with Crippen LogP contribution in [0.5, 0.6) is 11.5 Å². The van der Waals surface area contributed by atoms with E-state index in [9.17, 15) is 4.39 Å². The lowest BCUT2D eigenvalue weighted by atomic mass is 10.0. The molecule has 2 aromatic carbocycles.